The molecule has 0 aliphatic heterocycles. The summed E-state index contributed by atoms with van der Waals surface area (Å²) in [5, 5.41) is 10.3. The fourth-order valence-electron chi connectivity index (χ4n) is 1.59. The number of ether oxygens (including phenoxy) is 1. The van der Waals surface area contributed by atoms with Crippen molar-refractivity contribution in [3.05, 3.63) is 28.8 Å². The van der Waals surface area contributed by atoms with Gasteiger partial charge in [0.2, 0.25) is 0 Å². The quantitative estimate of drug-likeness (QED) is 0.847. The van der Waals surface area contributed by atoms with Crippen LogP contribution in [-0.4, -0.2) is 11.2 Å². The van der Waals surface area contributed by atoms with Gasteiger partial charge in [0.1, 0.15) is 5.75 Å². The van der Waals surface area contributed by atoms with Crippen molar-refractivity contribution in [1.29, 1.82) is 0 Å². The predicted octanol–water partition coefficient (Wildman–Crippen LogP) is 3.96. The van der Waals surface area contributed by atoms with Gasteiger partial charge in [0.25, 0.3) is 0 Å². The predicted molar refractivity (Wildman–Crippen MR) is 67.1 cm³/mol. The van der Waals surface area contributed by atoms with Gasteiger partial charge in [-0.25, -0.2) is 0 Å². The standard InChI is InChI=1S/C13H19ClO2/c1-4-11(5-2)16-13-7-6-10(14)8-12(13)9(3)15/h6-9,11,15H,4-5H2,1-3H3/t9-/m1/s1. The molecule has 0 heterocycles. The zero-order chi connectivity index (χ0) is 12.1. The van der Waals surface area contributed by atoms with Gasteiger partial charge in [-0.15, -0.1) is 0 Å². The van der Waals surface area contributed by atoms with Crippen LogP contribution in [0.2, 0.25) is 5.02 Å². The van der Waals surface area contributed by atoms with Crippen LogP contribution in [0.5, 0.6) is 5.75 Å². The van der Waals surface area contributed by atoms with Crippen LogP contribution < -0.4 is 4.74 Å². The lowest BCUT2D eigenvalue weighted by Crippen LogP contribution is -2.15. The molecule has 0 aliphatic rings. The van der Waals surface area contributed by atoms with Crippen LogP contribution in [0.1, 0.15) is 45.3 Å². The first-order chi connectivity index (χ1) is 7.58. The van der Waals surface area contributed by atoms with E-state index >= 15 is 0 Å². The number of rotatable bonds is 5. The molecular formula is C13H19ClO2. The third-order valence-corrected chi connectivity index (χ3v) is 2.86. The highest BCUT2D eigenvalue weighted by Gasteiger charge is 2.13. The molecule has 0 spiro atoms. The molecule has 90 valence electrons. The highest BCUT2D eigenvalue weighted by molar-refractivity contribution is 6.30. The summed E-state index contributed by atoms with van der Waals surface area (Å²) in [6.45, 7) is 5.89. The Balaban J connectivity index is 2.94. The largest absolute Gasteiger partial charge is 0.490 e. The van der Waals surface area contributed by atoms with Gasteiger partial charge in [-0.3, -0.25) is 0 Å². The molecule has 1 N–H and O–H groups in total. The fraction of sp³-hybridized carbons (Fsp3) is 0.538. The average Bonchev–Trinajstić information content (AvgIpc) is 2.27. The Morgan fingerprint density at radius 1 is 1.31 bits per heavy atom. The molecule has 1 aromatic carbocycles. The zero-order valence-corrected chi connectivity index (χ0v) is 10.8. The second-order valence-corrected chi connectivity index (χ2v) is 4.35. The van der Waals surface area contributed by atoms with E-state index in [4.69, 9.17) is 16.3 Å². The summed E-state index contributed by atoms with van der Waals surface area (Å²) >= 11 is 5.90. The van der Waals surface area contributed by atoms with Gasteiger partial charge >= 0.3 is 0 Å². The summed E-state index contributed by atoms with van der Waals surface area (Å²) in [6, 6.07) is 5.36. The van der Waals surface area contributed by atoms with E-state index in [0.717, 1.165) is 24.2 Å². The molecule has 0 aliphatic carbocycles. The first-order valence-corrected chi connectivity index (χ1v) is 6.10. The first-order valence-electron chi connectivity index (χ1n) is 5.72. The summed E-state index contributed by atoms with van der Waals surface area (Å²) in [5.74, 6) is 0.730. The van der Waals surface area contributed by atoms with Crippen molar-refractivity contribution in [3.8, 4) is 5.75 Å². The highest BCUT2D eigenvalue weighted by Crippen LogP contribution is 2.29. The van der Waals surface area contributed by atoms with E-state index in [0.29, 0.717) is 5.02 Å². The summed E-state index contributed by atoms with van der Waals surface area (Å²) in [5.41, 5.74) is 0.749. The Morgan fingerprint density at radius 2 is 1.94 bits per heavy atom. The Hall–Kier alpha value is -0.730. The number of hydrogen-bond acceptors (Lipinski definition) is 2. The third-order valence-electron chi connectivity index (χ3n) is 2.63. The highest BCUT2D eigenvalue weighted by atomic mass is 35.5. The van der Waals surface area contributed by atoms with Gasteiger partial charge in [-0.05, 0) is 38.0 Å². The number of halogens is 1. The molecule has 0 amide bonds. The SMILES string of the molecule is CCC(CC)Oc1ccc(Cl)cc1[C@@H](C)O. The maximum absolute atomic E-state index is 9.65. The molecule has 0 bridgehead atoms. The van der Waals surface area contributed by atoms with Crippen molar-refractivity contribution in [3.63, 3.8) is 0 Å². The van der Waals surface area contributed by atoms with E-state index in [-0.39, 0.29) is 6.10 Å². The number of aliphatic hydroxyl groups is 1. The summed E-state index contributed by atoms with van der Waals surface area (Å²) in [7, 11) is 0. The van der Waals surface area contributed by atoms with E-state index in [1.807, 2.05) is 6.07 Å². The molecule has 16 heavy (non-hydrogen) atoms. The molecule has 0 radical (unpaired) electrons. The fourth-order valence-corrected chi connectivity index (χ4v) is 1.77. The maximum Gasteiger partial charge on any atom is 0.125 e. The molecule has 1 rings (SSSR count). The van der Waals surface area contributed by atoms with Crippen LogP contribution in [0.15, 0.2) is 18.2 Å². The Bertz CT molecular complexity index is 333. The number of hydrogen-bond donors (Lipinski definition) is 1. The van der Waals surface area contributed by atoms with E-state index in [2.05, 4.69) is 13.8 Å². The molecule has 1 aromatic rings. The lowest BCUT2D eigenvalue weighted by Gasteiger charge is -2.19. The Kier molecular flexibility index (Phi) is 5.10. The summed E-state index contributed by atoms with van der Waals surface area (Å²) in [4.78, 5) is 0. The van der Waals surface area contributed by atoms with Crippen molar-refractivity contribution in [2.45, 2.75) is 45.8 Å². The second-order valence-electron chi connectivity index (χ2n) is 3.91. The smallest absolute Gasteiger partial charge is 0.125 e. The van der Waals surface area contributed by atoms with E-state index in [1.165, 1.54) is 0 Å². The minimum Gasteiger partial charge on any atom is -0.490 e. The van der Waals surface area contributed by atoms with Gasteiger partial charge in [-0.1, -0.05) is 25.4 Å². The minimum atomic E-state index is -0.567. The lowest BCUT2D eigenvalue weighted by atomic mass is 10.1. The molecule has 0 fully saturated rings. The molecule has 3 heteroatoms. The zero-order valence-electron chi connectivity index (χ0n) is 10.0. The topological polar surface area (TPSA) is 29.5 Å². The van der Waals surface area contributed by atoms with Crippen molar-refractivity contribution < 1.29 is 9.84 Å². The van der Waals surface area contributed by atoms with Crippen LogP contribution in [0, 0.1) is 0 Å². The second kappa shape index (κ2) is 6.12. The molecule has 0 aromatic heterocycles. The molecule has 2 nitrogen and oxygen atoms in total. The van der Waals surface area contributed by atoms with Gasteiger partial charge in [0.15, 0.2) is 0 Å². The number of benzene rings is 1. The van der Waals surface area contributed by atoms with Crippen LogP contribution >= 0.6 is 11.6 Å². The maximum atomic E-state index is 9.65. The number of aliphatic hydroxyl groups excluding tert-OH is 1. The normalized spacial score (nSPS) is 12.9. The summed E-state index contributed by atoms with van der Waals surface area (Å²) < 4.78 is 5.84. The average molecular weight is 243 g/mol. The Morgan fingerprint density at radius 3 is 2.44 bits per heavy atom. The van der Waals surface area contributed by atoms with Crippen LogP contribution in [-0.2, 0) is 0 Å². The van der Waals surface area contributed by atoms with Crippen molar-refractivity contribution >= 4 is 11.6 Å². The van der Waals surface area contributed by atoms with Crippen LogP contribution in [0.3, 0.4) is 0 Å². The van der Waals surface area contributed by atoms with E-state index < -0.39 is 6.10 Å². The molecule has 0 saturated heterocycles. The monoisotopic (exact) mass is 242 g/mol. The third kappa shape index (κ3) is 3.39. The van der Waals surface area contributed by atoms with Crippen LogP contribution in [0.4, 0.5) is 0 Å². The Labute approximate surface area is 102 Å². The molecule has 1 atom stereocenters. The van der Waals surface area contributed by atoms with Crippen molar-refractivity contribution in [2.24, 2.45) is 0 Å². The van der Waals surface area contributed by atoms with Gasteiger partial charge in [0.05, 0.1) is 12.2 Å². The summed E-state index contributed by atoms with van der Waals surface area (Å²) in [6.07, 6.45) is 1.54. The minimum absolute atomic E-state index is 0.193. The molecule has 0 unspecified atom stereocenters. The molecular weight excluding hydrogens is 224 g/mol. The van der Waals surface area contributed by atoms with E-state index in [1.54, 1.807) is 19.1 Å². The van der Waals surface area contributed by atoms with Gasteiger partial charge in [-0.2, -0.15) is 0 Å². The van der Waals surface area contributed by atoms with Gasteiger partial charge in [0, 0.05) is 10.6 Å². The lowest BCUT2D eigenvalue weighted by molar-refractivity contribution is 0.166. The van der Waals surface area contributed by atoms with Crippen LogP contribution in [0.25, 0.3) is 0 Å². The van der Waals surface area contributed by atoms with Crippen molar-refractivity contribution in [2.75, 3.05) is 0 Å². The van der Waals surface area contributed by atoms with Gasteiger partial charge < -0.3 is 9.84 Å². The van der Waals surface area contributed by atoms with E-state index in [9.17, 15) is 5.11 Å². The molecule has 0 saturated carbocycles. The van der Waals surface area contributed by atoms with Crippen molar-refractivity contribution in [1.82, 2.24) is 0 Å². The first kappa shape index (κ1) is 13.3.